The van der Waals surface area contributed by atoms with Gasteiger partial charge in [0.05, 0.1) is 15.7 Å². The largest absolute Gasteiger partial charge is 0.324 e. The van der Waals surface area contributed by atoms with Gasteiger partial charge in [0.2, 0.25) is 5.91 Å². The van der Waals surface area contributed by atoms with E-state index in [1.807, 2.05) is 6.07 Å². The van der Waals surface area contributed by atoms with Crippen molar-refractivity contribution in [1.29, 1.82) is 0 Å². The number of hydrogen-bond acceptors (Lipinski definition) is 2. The Morgan fingerprint density at radius 1 is 1.19 bits per heavy atom. The molecule has 1 aliphatic rings. The standard InChI is InChI=1S/C20H21Cl2FN2O/c21-17-7-2-8-18(22)20(17)24-19(26)9-11-25-10-3-6-16(25)13-14-4-1-5-15(23)12-14/h1-2,4-5,7-8,12,16H,3,6,9-11,13H2,(H,24,26). The van der Waals surface area contributed by atoms with Crippen LogP contribution in [0.2, 0.25) is 10.0 Å². The van der Waals surface area contributed by atoms with Gasteiger partial charge in [-0.1, -0.05) is 41.4 Å². The highest BCUT2D eigenvalue weighted by molar-refractivity contribution is 6.39. The van der Waals surface area contributed by atoms with Crippen LogP contribution >= 0.6 is 23.2 Å². The smallest absolute Gasteiger partial charge is 0.225 e. The molecule has 0 aliphatic carbocycles. The van der Waals surface area contributed by atoms with E-state index in [1.165, 1.54) is 6.07 Å². The summed E-state index contributed by atoms with van der Waals surface area (Å²) in [5.41, 5.74) is 1.45. The van der Waals surface area contributed by atoms with Gasteiger partial charge in [0, 0.05) is 19.0 Å². The van der Waals surface area contributed by atoms with Crippen molar-refractivity contribution < 1.29 is 9.18 Å². The van der Waals surface area contributed by atoms with Crippen LogP contribution < -0.4 is 5.32 Å². The van der Waals surface area contributed by atoms with Crippen molar-refractivity contribution in [2.75, 3.05) is 18.4 Å². The summed E-state index contributed by atoms with van der Waals surface area (Å²) in [6.07, 6.45) is 3.32. The Morgan fingerprint density at radius 2 is 1.92 bits per heavy atom. The lowest BCUT2D eigenvalue weighted by atomic mass is 10.0. The highest BCUT2D eigenvalue weighted by Crippen LogP contribution is 2.30. The molecule has 2 aromatic rings. The number of nitrogens with zero attached hydrogens (tertiary/aromatic N) is 1. The SMILES string of the molecule is O=C(CCN1CCCC1Cc1cccc(F)c1)Nc1c(Cl)cccc1Cl. The Labute approximate surface area is 163 Å². The number of anilines is 1. The van der Waals surface area contributed by atoms with E-state index in [9.17, 15) is 9.18 Å². The number of hydrogen-bond donors (Lipinski definition) is 1. The molecule has 1 fully saturated rings. The van der Waals surface area contributed by atoms with Crippen LogP contribution in [-0.2, 0) is 11.2 Å². The average molecular weight is 395 g/mol. The highest BCUT2D eigenvalue weighted by Gasteiger charge is 2.25. The maximum absolute atomic E-state index is 13.4. The van der Waals surface area contributed by atoms with Gasteiger partial charge in [0.25, 0.3) is 0 Å². The Morgan fingerprint density at radius 3 is 2.65 bits per heavy atom. The van der Waals surface area contributed by atoms with Crippen molar-refractivity contribution in [3.8, 4) is 0 Å². The zero-order chi connectivity index (χ0) is 18.5. The quantitative estimate of drug-likeness (QED) is 0.732. The zero-order valence-corrected chi connectivity index (χ0v) is 15.9. The van der Waals surface area contributed by atoms with Crippen molar-refractivity contribution in [3.63, 3.8) is 0 Å². The van der Waals surface area contributed by atoms with Crippen molar-refractivity contribution in [3.05, 3.63) is 63.9 Å². The lowest BCUT2D eigenvalue weighted by molar-refractivity contribution is -0.116. The van der Waals surface area contributed by atoms with Gasteiger partial charge in [0.1, 0.15) is 5.82 Å². The lowest BCUT2D eigenvalue weighted by Gasteiger charge is -2.24. The fourth-order valence-corrected chi connectivity index (χ4v) is 3.91. The third-order valence-electron chi connectivity index (χ3n) is 4.71. The Bertz CT molecular complexity index is 764. The fourth-order valence-electron chi connectivity index (χ4n) is 3.42. The first kappa shape index (κ1) is 19.2. The lowest BCUT2D eigenvalue weighted by Crippen LogP contribution is -2.33. The molecule has 1 N–H and O–H groups in total. The molecule has 0 bridgehead atoms. The predicted octanol–water partition coefficient (Wildman–Crippen LogP) is 5.17. The number of amides is 1. The third kappa shape index (κ3) is 4.97. The molecule has 6 heteroatoms. The van der Waals surface area contributed by atoms with Gasteiger partial charge in [0.15, 0.2) is 0 Å². The molecule has 1 unspecified atom stereocenters. The summed E-state index contributed by atoms with van der Waals surface area (Å²) in [5, 5.41) is 3.65. The van der Waals surface area contributed by atoms with Crippen LogP contribution in [0.5, 0.6) is 0 Å². The number of para-hydroxylation sites is 1. The monoisotopic (exact) mass is 394 g/mol. The van der Waals surface area contributed by atoms with E-state index in [0.29, 0.717) is 34.7 Å². The van der Waals surface area contributed by atoms with Gasteiger partial charge < -0.3 is 5.32 Å². The van der Waals surface area contributed by atoms with Crippen molar-refractivity contribution in [1.82, 2.24) is 4.90 Å². The molecule has 1 amide bonds. The fraction of sp³-hybridized carbons (Fsp3) is 0.350. The third-order valence-corrected chi connectivity index (χ3v) is 5.34. The zero-order valence-electron chi connectivity index (χ0n) is 14.4. The van der Waals surface area contributed by atoms with Gasteiger partial charge >= 0.3 is 0 Å². The molecule has 2 aromatic carbocycles. The minimum Gasteiger partial charge on any atom is -0.324 e. The van der Waals surface area contributed by atoms with Gasteiger partial charge in [-0.3, -0.25) is 9.69 Å². The normalized spacial score (nSPS) is 17.4. The van der Waals surface area contributed by atoms with Crippen LogP contribution in [-0.4, -0.2) is 29.9 Å². The summed E-state index contributed by atoms with van der Waals surface area (Å²) >= 11 is 12.2. The second kappa shape index (κ2) is 8.85. The van der Waals surface area contributed by atoms with Crippen LogP contribution in [0.15, 0.2) is 42.5 Å². The molecule has 1 saturated heterocycles. The highest BCUT2D eigenvalue weighted by atomic mass is 35.5. The molecule has 1 atom stereocenters. The van der Waals surface area contributed by atoms with Crippen molar-refractivity contribution in [2.45, 2.75) is 31.7 Å². The van der Waals surface area contributed by atoms with Crippen LogP contribution in [0, 0.1) is 5.82 Å². The van der Waals surface area contributed by atoms with Crippen molar-refractivity contribution >= 4 is 34.8 Å². The van der Waals surface area contributed by atoms with Crippen LogP contribution in [0.4, 0.5) is 10.1 Å². The number of carbonyl (C=O) groups is 1. The number of halogens is 3. The number of likely N-dealkylation sites (tertiary alicyclic amines) is 1. The second-order valence-corrected chi connectivity index (χ2v) is 7.38. The summed E-state index contributed by atoms with van der Waals surface area (Å²) in [6, 6.07) is 12.2. The summed E-state index contributed by atoms with van der Waals surface area (Å²) in [5.74, 6) is -0.320. The van der Waals surface area contributed by atoms with Crippen LogP contribution in [0.25, 0.3) is 0 Å². The molecule has 0 aromatic heterocycles. The van der Waals surface area contributed by atoms with E-state index in [1.54, 1.807) is 30.3 Å². The molecule has 0 saturated carbocycles. The minimum absolute atomic E-state index is 0.114. The molecule has 1 aliphatic heterocycles. The first-order valence-corrected chi connectivity index (χ1v) is 9.51. The van der Waals surface area contributed by atoms with E-state index >= 15 is 0 Å². The number of rotatable bonds is 6. The maximum Gasteiger partial charge on any atom is 0.225 e. The van der Waals surface area contributed by atoms with Crippen LogP contribution in [0.1, 0.15) is 24.8 Å². The molecule has 0 radical (unpaired) electrons. The molecule has 1 heterocycles. The van der Waals surface area contributed by atoms with Crippen LogP contribution in [0.3, 0.4) is 0 Å². The number of carbonyl (C=O) groups excluding carboxylic acids is 1. The van der Waals surface area contributed by atoms with E-state index < -0.39 is 0 Å². The van der Waals surface area contributed by atoms with E-state index in [-0.39, 0.29) is 11.7 Å². The van der Waals surface area contributed by atoms with E-state index in [4.69, 9.17) is 23.2 Å². The molecular weight excluding hydrogens is 374 g/mol. The summed E-state index contributed by atoms with van der Waals surface area (Å²) in [7, 11) is 0. The summed E-state index contributed by atoms with van der Waals surface area (Å²) in [6.45, 7) is 1.62. The second-order valence-electron chi connectivity index (χ2n) is 6.56. The van der Waals surface area contributed by atoms with E-state index in [2.05, 4.69) is 10.2 Å². The molecule has 26 heavy (non-hydrogen) atoms. The minimum atomic E-state index is -0.206. The predicted molar refractivity (Wildman–Crippen MR) is 104 cm³/mol. The molecule has 138 valence electrons. The summed E-state index contributed by atoms with van der Waals surface area (Å²) in [4.78, 5) is 14.6. The Balaban J connectivity index is 1.54. The van der Waals surface area contributed by atoms with Crippen molar-refractivity contribution in [2.24, 2.45) is 0 Å². The average Bonchev–Trinajstić information content (AvgIpc) is 3.03. The van der Waals surface area contributed by atoms with Gasteiger partial charge in [-0.25, -0.2) is 4.39 Å². The number of nitrogens with one attached hydrogen (secondary N) is 1. The van der Waals surface area contributed by atoms with Gasteiger partial charge in [-0.2, -0.15) is 0 Å². The molecular formula is C20H21Cl2FN2O. The first-order valence-electron chi connectivity index (χ1n) is 8.75. The first-order chi connectivity index (χ1) is 12.5. The topological polar surface area (TPSA) is 32.3 Å². The number of benzene rings is 2. The van der Waals surface area contributed by atoms with Gasteiger partial charge in [-0.05, 0) is 55.6 Å². The Kier molecular flexibility index (Phi) is 6.52. The molecule has 3 rings (SSSR count). The summed E-state index contributed by atoms with van der Waals surface area (Å²) < 4.78 is 13.4. The van der Waals surface area contributed by atoms with Gasteiger partial charge in [-0.15, -0.1) is 0 Å². The molecule has 0 spiro atoms. The maximum atomic E-state index is 13.4. The molecule has 3 nitrogen and oxygen atoms in total. The van der Waals surface area contributed by atoms with E-state index in [0.717, 1.165) is 31.4 Å². The Hall–Kier alpha value is -1.62.